The molecule has 148 heavy (non-hydrogen) atoms. The largest absolute Gasteiger partial charge is 0.0622 e. The molecule has 0 fully saturated rings. The molecule has 0 N–H and O–H groups in total. The van der Waals surface area contributed by atoms with E-state index < -0.39 is 0 Å². The van der Waals surface area contributed by atoms with Gasteiger partial charge in [0.1, 0.15) is 0 Å². The molecule has 0 amide bonds. The molecule has 0 heterocycles. The lowest BCUT2D eigenvalue weighted by Crippen LogP contribution is -2.14. The number of benzene rings is 27. The minimum Gasteiger partial charge on any atom is -0.0622 e. The zero-order valence-corrected chi connectivity index (χ0v) is 86.2. The van der Waals surface area contributed by atoms with Crippen LogP contribution >= 0.6 is 0 Å². The molecule has 0 atom stereocenters. The Bertz CT molecular complexity index is 8600. The first kappa shape index (κ1) is 92.0. The fourth-order valence-electron chi connectivity index (χ4n) is 23.2. The van der Waals surface area contributed by atoms with Gasteiger partial charge in [0.05, 0.1) is 0 Å². The molecular weight excluding hydrogens is 1780 g/mol. The zero-order valence-electron chi connectivity index (χ0n) is 86.2. The van der Waals surface area contributed by atoms with Crippen LogP contribution in [0, 0.1) is 0 Å². The van der Waals surface area contributed by atoms with Gasteiger partial charge < -0.3 is 0 Å². The lowest BCUT2D eigenvalue weighted by Gasteiger charge is -2.28. The Kier molecular flexibility index (Phi) is 22.7. The summed E-state index contributed by atoms with van der Waals surface area (Å²) in [4.78, 5) is 0. The van der Waals surface area contributed by atoms with Crippen LogP contribution < -0.4 is 0 Å². The highest BCUT2D eigenvalue weighted by Crippen LogP contribution is 2.53. The SMILES string of the molecule is CC(C)(C)c1cc2cc(C(C)(C)C)cc3c4cc(C(C)(C)C)cc5cc(C(C)(C)C)cc(c(c1)c23)c54.c1ccc(-c2cc3cc(-c4ccccc4)cc4c5cc(-c6ccccc6)cc6cc(-c7ccccc7)cc(c(c2)c34)c65)cc1.c1ccc(-c2ccc(-c3cc4cc(-c5ccc(-c6ccccc6)cc5)cc5c6cc(-c7ccc(-c8ccccc8)cc7)cc7cc(-c8ccc(-c9ccccc9)cc8)cc(c(c3)c45)c76)cc2)cc1. The smallest absolute Gasteiger partial charge is 0.00255 e. The van der Waals surface area contributed by atoms with Crippen molar-refractivity contribution in [1.29, 1.82) is 0 Å². The molecule has 0 unspecified atom stereocenters. The fraction of sp³-hybridized carbons (Fsp3) is 0.108. The predicted molar refractivity (Wildman–Crippen MR) is 643 cm³/mol. The van der Waals surface area contributed by atoms with Gasteiger partial charge in [0, 0.05) is 0 Å². The van der Waals surface area contributed by atoms with E-state index in [2.05, 4.69) is 568 Å². The highest BCUT2D eigenvalue weighted by molar-refractivity contribution is 6.38. The van der Waals surface area contributed by atoms with Gasteiger partial charge in [-0.3, -0.25) is 0 Å². The second kappa shape index (κ2) is 36.5. The van der Waals surface area contributed by atoms with Gasteiger partial charge in [-0.05, 0) is 428 Å². The topological polar surface area (TPSA) is 0 Å². The molecule has 0 radical (unpaired) electrons. The molecule has 0 heteroatoms. The average Bonchev–Trinajstić information content (AvgIpc) is 0.738. The minimum atomic E-state index is 0.0830. The third-order valence-electron chi connectivity index (χ3n) is 31.2. The van der Waals surface area contributed by atoms with Crippen LogP contribution in [0.3, 0.4) is 0 Å². The second-order valence-electron chi connectivity index (χ2n) is 45.1. The molecule has 0 aliphatic rings. The minimum absolute atomic E-state index is 0.0830. The van der Waals surface area contributed by atoms with E-state index in [4.69, 9.17) is 0 Å². The van der Waals surface area contributed by atoms with Crippen LogP contribution in [0.1, 0.15) is 105 Å². The molecule has 0 nitrogen and oxygen atoms in total. The van der Waals surface area contributed by atoms with Crippen LogP contribution in [-0.4, -0.2) is 0 Å². The summed E-state index contributed by atoms with van der Waals surface area (Å²) in [5.74, 6) is 0. The lowest BCUT2D eigenvalue weighted by atomic mass is 9.76. The maximum atomic E-state index is 2.49. The molecule has 0 aliphatic heterocycles. The lowest BCUT2D eigenvalue weighted by molar-refractivity contribution is 0.589. The molecule has 0 saturated heterocycles. The summed E-state index contributed by atoms with van der Waals surface area (Å²) >= 11 is 0. The molecular formula is C148H116. The summed E-state index contributed by atoms with van der Waals surface area (Å²) in [6.07, 6.45) is 0. The first-order valence-electron chi connectivity index (χ1n) is 52.4. The van der Waals surface area contributed by atoms with E-state index in [1.54, 1.807) is 0 Å². The van der Waals surface area contributed by atoms with E-state index in [-0.39, 0.29) is 21.7 Å². The van der Waals surface area contributed by atoms with E-state index in [9.17, 15) is 0 Å². The first-order chi connectivity index (χ1) is 71.8. The molecule has 0 aliphatic carbocycles. The van der Waals surface area contributed by atoms with Crippen LogP contribution in [0.15, 0.2) is 485 Å². The van der Waals surface area contributed by atoms with Crippen molar-refractivity contribution in [3.63, 3.8) is 0 Å². The van der Waals surface area contributed by atoms with Crippen LogP contribution in [0.4, 0.5) is 0 Å². The van der Waals surface area contributed by atoms with Crippen LogP contribution in [0.25, 0.3) is 263 Å². The van der Waals surface area contributed by atoms with E-state index in [0.29, 0.717) is 0 Å². The molecule has 708 valence electrons. The molecule has 0 saturated carbocycles. The molecule has 0 aromatic heterocycles. The van der Waals surface area contributed by atoms with Gasteiger partial charge >= 0.3 is 0 Å². The first-order valence-corrected chi connectivity index (χ1v) is 52.4. The molecule has 0 spiro atoms. The quantitative estimate of drug-likeness (QED) is 0.0845. The van der Waals surface area contributed by atoms with E-state index in [0.717, 1.165) is 0 Å². The average molecular weight is 1890 g/mol. The Balaban J connectivity index is 0.000000123. The third-order valence-corrected chi connectivity index (χ3v) is 31.2. The van der Waals surface area contributed by atoms with Crippen molar-refractivity contribution in [2.24, 2.45) is 0 Å². The van der Waals surface area contributed by atoms with Gasteiger partial charge in [0.15, 0.2) is 0 Å². The van der Waals surface area contributed by atoms with Crippen molar-refractivity contribution in [2.45, 2.75) is 105 Å². The van der Waals surface area contributed by atoms with Crippen molar-refractivity contribution in [3.8, 4) is 134 Å². The Morgan fingerprint density at radius 1 is 0.0946 bits per heavy atom. The maximum absolute atomic E-state index is 2.49. The van der Waals surface area contributed by atoms with Crippen LogP contribution in [0.5, 0.6) is 0 Å². The molecule has 27 rings (SSSR count). The van der Waals surface area contributed by atoms with E-state index >= 15 is 0 Å². The number of fused-ring (bicyclic) bond motifs is 6. The third kappa shape index (κ3) is 17.1. The Morgan fingerprint density at radius 3 is 0.324 bits per heavy atom. The highest BCUT2D eigenvalue weighted by atomic mass is 14.3. The highest BCUT2D eigenvalue weighted by Gasteiger charge is 2.29. The van der Waals surface area contributed by atoms with Crippen molar-refractivity contribution in [1.82, 2.24) is 0 Å². The van der Waals surface area contributed by atoms with Crippen molar-refractivity contribution >= 4 is 129 Å². The summed E-state index contributed by atoms with van der Waals surface area (Å²) in [5.41, 5.74) is 35.2. The van der Waals surface area contributed by atoms with Gasteiger partial charge in [-0.15, -0.1) is 0 Å². The van der Waals surface area contributed by atoms with E-state index in [1.807, 2.05) is 0 Å². The van der Waals surface area contributed by atoms with Gasteiger partial charge in [-0.1, -0.05) is 447 Å². The number of hydrogen-bond acceptors (Lipinski definition) is 0. The van der Waals surface area contributed by atoms with Crippen LogP contribution in [-0.2, 0) is 21.7 Å². The molecule has 27 aromatic carbocycles. The Hall–Kier alpha value is -17.2. The van der Waals surface area contributed by atoms with Gasteiger partial charge in [-0.25, -0.2) is 0 Å². The van der Waals surface area contributed by atoms with Crippen molar-refractivity contribution in [3.05, 3.63) is 508 Å². The molecule has 0 bridgehead atoms. The second-order valence-corrected chi connectivity index (χ2v) is 45.1. The number of hydrogen-bond donors (Lipinski definition) is 0. The maximum Gasteiger partial charge on any atom is -0.00255 e. The standard InChI is InChI=1S/C68H44.C44H28.C36H44/c1-5-13-45(14-6-1)49-21-29-53(30-22-49)57-37-61-38-58(54-31-23-50(24-32-54)46-15-7-2-8-16-46)43-65-66-44-60(56-35-27-52(28-36-56)48-19-11-4-12-20-48)40-62-39-59(42-64(68(62)66)63(41-57)67(61)65)55-33-25-51(26-34-55)47-17-9-3-10-18-47;1-5-13-29(14-6-1)33-21-37-22-34(30-15-7-2-8-16-30)27-41-42-28-36(32-19-11-4-12-20-32)24-38-23-35(31-17-9-3-10-18-31)26-40(44(38)42)39(25-33)43(37)41;1-33(2,3)23-13-21-14-24(34(4,5)6)19-29-30-20-26(36(10,11)12)16-22-15-25(35(7,8)9)18-28(32(22)30)27(17-23)31(21)29/h1-44H;1-28H;13-20H,1-12H3. The van der Waals surface area contributed by atoms with Crippen LogP contribution in [0.2, 0.25) is 0 Å². The normalized spacial score (nSPS) is 12.2. The Labute approximate surface area is 868 Å². The summed E-state index contributed by atoms with van der Waals surface area (Å²) in [5, 5.41) is 31.7. The fourth-order valence-corrected chi connectivity index (χ4v) is 23.2. The predicted octanol–water partition coefficient (Wildman–Crippen LogP) is 42.4. The van der Waals surface area contributed by atoms with Crippen molar-refractivity contribution in [2.75, 3.05) is 0 Å². The number of rotatable bonds is 12. The van der Waals surface area contributed by atoms with Gasteiger partial charge in [0.25, 0.3) is 0 Å². The monoisotopic (exact) mass is 1890 g/mol. The summed E-state index contributed by atoms with van der Waals surface area (Å²) in [7, 11) is 0. The summed E-state index contributed by atoms with van der Waals surface area (Å²) < 4.78 is 0. The molecule has 27 aromatic rings. The van der Waals surface area contributed by atoms with Gasteiger partial charge in [0.2, 0.25) is 0 Å². The van der Waals surface area contributed by atoms with Gasteiger partial charge in [-0.2, -0.15) is 0 Å². The summed E-state index contributed by atoms with van der Waals surface area (Å²) in [6.45, 7) is 28.0. The Morgan fingerprint density at radius 2 is 0.196 bits per heavy atom. The van der Waals surface area contributed by atoms with E-state index in [1.165, 1.54) is 285 Å². The van der Waals surface area contributed by atoms with Crippen molar-refractivity contribution < 1.29 is 0 Å². The zero-order chi connectivity index (χ0) is 101. The summed E-state index contributed by atoms with van der Waals surface area (Å²) in [6, 6.07) is 181.